The van der Waals surface area contributed by atoms with E-state index in [1.54, 1.807) is 13.0 Å². The van der Waals surface area contributed by atoms with E-state index < -0.39 is 4.92 Å². The highest BCUT2D eigenvalue weighted by Crippen LogP contribution is 2.29. The molecule has 6 nitrogen and oxygen atoms in total. The van der Waals surface area contributed by atoms with Gasteiger partial charge in [-0.05, 0) is 42.2 Å². The van der Waals surface area contributed by atoms with Crippen LogP contribution in [0.2, 0.25) is 0 Å². The molecule has 1 N–H and O–H groups in total. The van der Waals surface area contributed by atoms with Gasteiger partial charge in [0.2, 0.25) is 0 Å². The van der Waals surface area contributed by atoms with E-state index in [0.29, 0.717) is 11.4 Å². The molecular formula is C18H19BrN2O4. The molecule has 7 heteroatoms. The Kier molecular flexibility index (Phi) is 6.14. The molecule has 0 unspecified atom stereocenters. The molecule has 0 aromatic heterocycles. The first-order chi connectivity index (χ1) is 11.8. The summed E-state index contributed by atoms with van der Waals surface area (Å²) in [4.78, 5) is 22.5. The summed E-state index contributed by atoms with van der Waals surface area (Å²) < 4.78 is 6.58. The Hall–Kier alpha value is -2.41. The zero-order chi connectivity index (χ0) is 18.6. The number of ether oxygens (including phenoxy) is 1. The lowest BCUT2D eigenvalue weighted by Gasteiger charge is -2.15. The van der Waals surface area contributed by atoms with Gasteiger partial charge in [-0.3, -0.25) is 14.9 Å². The van der Waals surface area contributed by atoms with Gasteiger partial charge in [0.1, 0.15) is 5.75 Å². The van der Waals surface area contributed by atoms with Crippen molar-refractivity contribution < 1.29 is 14.5 Å². The van der Waals surface area contributed by atoms with Crippen molar-refractivity contribution in [3.8, 4) is 5.75 Å². The fourth-order valence-corrected chi connectivity index (χ4v) is 2.67. The zero-order valence-electron chi connectivity index (χ0n) is 14.2. The van der Waals surface area contributed by atoms with Crippen LogP contribution in [0, 0.1) is 17.0 Å². The average Bonchev–Trinajstić information content (AvgIpc) is 2.55. The number of nitro benzene ring substituents is 1. The van der Waals surface area contributed by atoms with E-state index in [9.17, 15) is 14.9 Å². The summed E-state index contributed by atoms with van der Waals surface area (Å²) in [5.74, 6) is 0.514. The molecule has 0 spiro atoms. The van der Waals surface area contributed by atoms with Crippen molar-refractivity contribution >= 4 is 33.2 Å². The van der Waals surface area contributed by atoms with Gasteiger partial charge in [0.25, 0.3) is 11.6 Å². The van der Waals surface area contributed by atoms with Gasteiger partial charge in [-0.1, -0.05) is 35.8 Å². The molecule has 2 aromatic rings. The molecule has 0 radical (unpaired) electrons. The van der Waals surface area contributed by atoms with Crippen molar-refractivity contribution in [2.24, 2.45) is 0 Å². The highest BCUT2D eigenvalue weighted by Gasteiger charge is 2.13. The molecule has 0 saturated heterocycles. The molecule has 1 amide bonds. The molecule has 0 bridgehead atoms. The summed E-state index contributed by atoms with van der Waals surface area (Å²) in [5, 5.41) is 13.5. The number of aryl methyl sites for hydroxylation is 1. The standard InChI is InChI=1S/C18H19BrN2O4/c1-11(2)15-8-13(19)5-7-17(15)25-10-18(22)20-16-9-14(21(23)24)6-4-12(16)3/h4-9,11H,10H2,1-3H3,(H,20,22). The van der Waals surface area contributed by atoms with Crippen LogP contribution in [0.5, 0.6) is 5.75 Å². The largest absolute Gasteiger partial charge is 0.483 e. The van der Waals surface area contributed by atoms with E-state index in [1.165, 1.54) is 12.1 Å². The number of nitrogens with one attached hydrogen (secondary N) is 1. The Morgan fingerprint density at radius 1 is 1.28 bits per heavy atom. The second kappa shape index (κ2) is 8.11. The highest BCUT2D eigenvalue weighted by atomic mass is 79.9. The van der Waals surface area contributed by atoms with Crippen molar-refractivity contribution in [1.82, 2.24) is 0 Å². The van der Waals surface area contributed by atoms with E-state index in [4.69, 9.17) is 4.74 Å². The molecule has 25 heavy (non-hydrogen) atoms. The molecule has 2 rings (SSSR count). The summed E-state index contributed by atoms with van der Waals surface area (Å²) in [6, 6.07) is 9.96. The lowest BCUT2D eigenvalue weighted by molar-refractivity contribution is -0.384. The van der Waals surface area contributed by atoms with Crippen molar-refractivity contribution in [1.29, 1.82) is 0 Å². The Bertz CT molecular complexity index is 806. The first kappa shape index (κ1) is 18.9. The fourth-order valence-electron chi connectivity index (χ4n) is 2.29. The number of nitro groups is 1. The minimum absolute atomic E-state index is 0.0724. The van der Waals surface area contributed by atoms with Gasteiger partial charge in [0, 0.05) is 16.6 Å². The van der Waals surface area contributed by atoms with Crippen molar-refractivity contribution in [3.05, 3.63) is 62.1 Å². The van der Waals surface area contributed by atoms with Crippen LogP contribution in [-0.4, -0.2) is 17.4 Å². The SMILES string of the molecule is Cc1ccc([N+](=O)[O-])cc1NC(=O)COc1ccc(Br)cc1C(C)C. The zero-order valence-corrected chi connectivity index (χ0v) is 15.8. The van der Waals surface area contributed by atoms with Crippen molar-refractivity contribution in [3.63, 3.8) is 0 Å². The van der Waals surface area contributed by atoms with E-state index in [1.807, 2.05) is 32.0 Å². The number of non-ortho nitro benzene ring substituents is 1. The maximum atomic E-state index is 12.2. The Morgan fingerprint density at radius 3 is 2.64 bits per heavy atom. The lowest BCUT2D eigenvalue weighted by atomic mass is 10.0. The van der Waals surface area contributed by atoms with Crippen LogP contribution in [0.1, 0.15) is 30.9 Å². The number of amides is 1. The highest BCUT2D eigenvalue weighted by molar-refractivity contribution is 9.10. The second-order valence-corrected chi connectivity index (χ2v) is 6.85. The fraction of sp³-hybridized carbons (Fsp3) is 0.278. The predicted molar refractivity (Wildman–Crippen MR) is 100 cm³/mol. The molecule has 132 valence electrons. The summed E-state index contributed by atoms with van der Waals surface area (Å²) >= 11 is 3.43. The molecular weight excluding hydrogens is 388 g/mol. The number of nitrogens with zero attached hydrogens (tertiary/aromatic N) is 1. The summed E-state index contributed by atoms with van der Waals surface area (Å²) in [5.41, 5.74) is 2.07. The first-order valence-corrected chi connectivity index (χ1v) is 8.54. The summed E-state index contributed by atoms with van der Waals surface area (Å²) in [6.45, 7) is 5.68. The van der Waals surface area contributed by atoms with Crippen LogP contribution >= 0.6 is 15.9 Å². The van der Waals surface area contributed by atoms with Gasteiger partial charge in [-0.15, -0.1) is 0 Å². The number of rotatable bonds is 6. The number of anilines is 1. The quantitative estimate of drug-likeness (QED) is 0.551. The molecule has 0 heterocycles. The van der Waals surface area contributed by atoms with Gasteiger partial charge in [-0.2, -0.15) is 0 Å². The molecule has 0 atom stereocenters. The van der Waals surface area contributed by atoms with Gasteiger partial charge >= 0.3 is 0 Å². The average molecular weight is 407 g/mol. The smallest absolute Gasteiger partial charge is 0.271 e. The van der Waals surface area contributed by atoms with Crippen molar-refractivity contribution in [2.75, 3.05) is 11.9 Å². The Labute approximate surface area is 154 Å². The van der Waals surface area contributed by atoms with Gasteiger partial charge in [0.15, 0.2) is 6.61 Å². The molecule has 0 saturated carbocycles. The second-order valence-electron chi connectivity index (χ2n) is 5.93. The van der Waals surface area contributed by atoms with Crippen LogP contribution in [0.4, 0.5) is 11.4 Å². The monoisotopic (exact) mass is 406 g/mol. The van der Waals surface area contributed by atoms with Crippen LogP contribution in [0.25, 0.3) is 0 Å². The van der Waals surface area contributed by atoms with Crippen LogP contribution in [-0.2, 0) is 4.79 Å². The van der Waals surface area contributed by atoms with Gasteiger partial charge < -0.3 is 10.1 Å². The van der Waals surface area contributed by atoms with Crippen LogP contribution in [0.15, 0.2) is 40.9 Å². The summed E-state index contributed by atoms with van der Waals surface area (Å²) in [6.07, 6.45) is 0. The molecule has 0 aliphatic carbocycles. The normalized spacial score (nSPS) is 10.6. The molecule has 2 aromatic carbocycles. The van der Waals surface area contributed by atoms with E-state index >= 15 is 0 Å². The number of carbonyl (C=O) groups is 1. The van der Waals surface area contributed by atoms with E-state index in [-0.39, 0.29) is 24.1 Å². The summed E-state index contributed by atoms with van der Waals surface area (Å²) in [7, 11) is 0. The number of halogens is 1. The lowest BCUT2D eigenvalue weighted by Crippen LogP contribution is -2.21. The van der Waals surface area contributed by atoms with Crippen LogP contribution < -0.4 is 10.1 Å². The maximum absolute atomic E-state index is 12.2. The number of benzene rings is 2. The number of hydrogen-bond donors (Lipinski definition) is 1. The topological polar surface area (TPSA) is 81.5 Å². The maximum Gasteiger partial charge on any atom is 0.271 e. The van der Waals surface area contributed by atoms with Crippen LogP contribution in [0.3, 0.4) is 0 Å². The first-order valence-electron chi connectivity index (χ1n) is 7.75. The Balaban J connectivity index is 2.07. The minimum Gasteiger partial charge on any atom is -0.483 e. The van der Waals surface area contributed by atoms with E-state index in [0.717, 1.165) is 15.6 Å². The number of hydrogen-bond acceptors (Lipinski definition) is 4. The number of carbonyl (C=O) groups excluding carboxylic acids is 1. The van der Waals surface area contributed by atoms with Gasteiger partial charge in [0.05, 0.1) is 10.6 Å². The van der Waals surface area contributed by atoms with E-state index in [2.05, 4.69) is 21.2 Å². The minimum atomic E-state index is -0.498. The third-order valence-corrected chi connectivity index (χ3v) is 4.15. The molecule has 0 fully saturated rings. The third-order valence-electron chi connectivity index (χ3n) is 3.66. The molecule has 0 aliphatic rings. The van der Waals surface area contributed by atoms with Crippen molar-refractivity contribution in [2.45, 2.75) is 26.7 Å². The molecule has 0 aliphatic heterocycles. The Morgan fingerprint density at radius 2 is 2.00 bits per heavy atom. The predicted octanol–water partition coefficient (Wildman–Crippen LogP) is 4.81. The van der Waals surface area contributed by atoms with Gasteiger partial charge in [-0.25, -0.2) is 0 Å². The third kappa shape index (κ3) is 5.03.